The molecule has 0 radical (unpaired) electrons. The second-order valence-corrected chi connectivity index (χ2v) is 9.78. The average molecular weight is 499 g/mol. The highest BCUT2D eigenvalue weighted by molar-refractivity contribution is 6.03. The summed E-state index contributed by atoms with van der Waals surface area (Å²) in [6, 6.07) is 10.5. The highest BCUT2D eigenvalue weighted by atomic mass is 19.1. The molecule has 9 nitrogen and oxygen atoms in total. The van der Waals surface area contributed by atoms with Crippen molar-refractivity contribution < 1.29 is 28.6 Å². The molecule has 2 heterocycles. The number of nitrogens with one attached hydrogen (secondary N) is 2. The van der Waals surface area contributed by atoms with Crippen molar-refractivity contribution in [3.05, 3.63) is 59.4 Å². The van der Waals surface area contributed by atoms with Gasteiger partial charge in [-0.3, -0.25) is 10.1 Å². The second-order valence-electron chi connectivity index (χ2n) is 9.78. The van der Waals surface area contributed by atoms with Crippen molar-refractivity contribution in [2.45, 2.75) is 45.5 Å². The lowest BCUT2D eigenvalue weighted by Crippen LogP contribution is -2.49. The molecule has 0 bridgehead atoms. The number of phenols is 1. The zero-order valence-corrected chi connectivity index (χ0v) is 20.7. The van der Waals surface area contributed by atoms with Crippen LogP contribution < -0.4 is 10.6 Å². The van der Waals surface area contributed by atoms with E-state index in [1.54, 1.807) is 27.7 Å². The van der Waals surface area contributed by atoms with Gasteiger partial charge in [-0.15, -0.1) is 0 Å². The zero-order chi connectivity index (χ0) is 26.0. The number of carbonyl (C=O) groups excluding carboxylic acids is 2. The molecule has 2 aromatic rings. The standard InChI is InChI=1S/C26H31FN4O5/c1-5-35-24(33)18-13-31(25(34)36-26(2,3)4)14-20(18)29-22-16-8-6-7-9-19(16)28-23(30-22)17-12-15(27)10-11-21(17)32/h6-12,18,20,22,29,32H,5,13-14H2,1-4H3,(H,28,30). The van der Waals surface area contributed by atoms with E-state index >= 15 is 0 Å². The number of amides is 1. The molecule has 2 aromatic carbocycles. The molecule has 1 amide bonds. The number of aromatic hydroxyl groups is 1. The first kappa shape index (κ1) is 25.4. The van der Waals surface area contributed by atoms with Crippen LogP contribution in [0.3, 0.4) is 0 Å². The van der Waals surface area contributed by atoms with Crippen molar-refractivity contribution in [2.24, 2.45) is 10.9 Å². The summed E-state index contributed by atoms with van der Waals surface area (Å²) >= 11 is 0. The van der Waals surface area contributed by atoms with Gasteiger partial charge in [-0.2, -0.15) is 0 Å². The van der Waals surface area contributed by atoms with Gasteiger partial charge in [-0.25, -0.2) is 14.2 Å². The lowest BCUT2D eigenvalue weighted by Gasteiger charge is -2.31. The minimum absolute atomic E-state index is 0.123. The molecule has 0 saturated carbocycles. The number of fused-ring (bicyclic) bond motifs is 1. The van der Waals surface area contributed by atoms with Gasteiger partial charge in [0.1, 0.15) is 29.2 Å². The maximum atomic E-state index is 14.0. The first-order valence-electron chi connectivity index (χ1n) is 11.9. The van der Waals surface area contributed by atoms with Gasteiger partial charge in [0, 0.05) is 24.7 Å². The number of nitrogens with zero attached hydrogens (tertiary/aromatic N) is 2. The van der Waals surface area contributed by atoms with Gasteiger partial charge >= 0.3 is 12.1 Å². The number of ether oxygens (including phenoxy) is 2. The third-order valence-corrected chi connectivity index (χ3v) is 5.92. The maximum absolute atomic E-state index is 14.0. The number of aliphatic imine (C=N–C) groups is 1. The Balaban J connectivity index is 1.62. The number of phenolic OH excluding ortho intramolecular Hbond substituents is 1. The summed E-state index contributed by atoms with van der Waals surface area (Å²) in [7, 11) is 0. The van der Waals surface area contributed by atoms with Crippen molar-refractivity contribution in [3.63, 3.8) is 0 Å². The predicted octanol–water partition coefficient (Wildman–Crippen LogP) is 3.60. The molecule has 2 aliphatic heterocycles. The number of hydrogen-bond donors (Lipinski definition) is 3. The van der Waals surface area contributed by atoms with Crippen LogP contribution in [-0.2, 0) is 14.3 Å². The largest absolute Gasteiger partial charge is 0.507 e. The smallest absolute Gasteiger partial charge is 0.410 e. The number of amidine groups is 1. The molecule has 4 rings (SSSR count). The Bertz CT molecular complexity index is 1180. The minimum Gasteiger partial charge on any atom is -0.507 e. The average Bonchev–Trinajstić information content (AvgIpc) is 3.24. The number of carbonyl (C=O) groups is 2. The van der Waals surface area contributed by atoms with Crippen molar-refractivity contribution >= 4 is 23.6 Å². The molecule has 1 saturated heterocycles. The molecule has 0 aromatic heterocycles. The molecule has 1 fully saturated rings. The summed E-state index contributed by atoms with van der Waals surface area (Å²) < 4.78 is 24.8. The summed E-state index contributed by atoms with van der Waals surface area (Å²) in [5, 5.41) is 17.0. The van der Waals surface area contributed by atoms with Gasteiger partial charge < -0.3 is 24.8 Å². The van der Waals surface area contributed by atoms with Crippen molar-refractivity contribution in [1.29, 1.82) is 0 Å². The number of para-hydroxylation sites is 1. The molecule has 36 heavy (non-hydrogen) atoms. The maximum Gasteiger partial charge on any atom is 0.410 e. The quantitative estimate of drug-likeness (QED) is 0.540. The molecular weight excluding hydrogens is 467 g/mol. The predicted molar refractivity (Wildman–Crippen MR) is 131 cm³/mol. The van der Waals surface area contributed by atoms with Gasteiger partial charge in [-0.1, -0.05) is 18.2 Å². The van der Waals surface area contributed by atoms with E-state index in [9.17, 15) is 19.1 Å². The number of likely N-dealkylation sites (tertiary alicyclic amines) is 1. The lowest BCUT2D eigenvalue weighted by molar-refractivity contribution is -0.148. The van der Waals surface area contributed by atoms with Crippen molar-refractivity contribution in [2.75, 3.05) is 19.7 Å². The van der Waals surface area contributed by atoms with Gasteiger partial charge in [0.2, 0.25) is 0 Å². The van der Waals surface area contributed by atoms with E-state index in [1.807, 2.05) is 24.3 Å². The Morgan fingerprint density at radius 1 is 1.22 bits per heavy atom. The molecule has 192 valence electrons. The summed E-state index contributed by atoms with van der Waals surface area (Å²) in [6.45, 7) is 7.66. The molecule has 2 aliphatic rings. The van der Waals surface area contributed by atoms with Crippen LogP contribution in [0.4, 0.5) is 14.9 Å². The van der Waals surface area contributed by atoms with Crippen molar-refractivity contribution in [1.82, 2.24) is 15.5 Å². The van der Waals surface area contributed by atoms with E-state index in [1.165, 1.54) is 23.1 Å². The number of rotatable bonds is 5. The van der Waals surface area contributed by atoms with E-state index in [2.05, 4.69) is 15.6 Å². The van der Waals surface area contributed by atoms with Crippen LogP contribution in [0, 0.1) is 11.7 Å². The second kappa shape index (κ2) is 10.1. The minimum atomic E-state index is -0.676. The highest BCUT2D eigenvalue weighted by Gasteiger charge is 2.43. The molecule has 0 spiro atoms. The lowest BCUT2D eigenvalue weighted by atomic mass is 10.0. The van der Waals surface area contributed by atoms with E-state index in [4.69, 9.17) is 9.47 Å². The fourth-order valence-corrected chi connectivity index (χ4v) is 4.32. The van der Waals surface area contributed by atoms with E-state index in [0.29, 0.717) is 5.69 Å². The molecular formula is C26H31FN4O5. The fourth-order valence-electron chi connectivity index (χ4n) is 4.32. The van der Waals surface area contributed by atoms with Crippen LogP contribution >= 0.6 is 0 Å². The Kier molecular flexibility index (Phi) is 7.16. The topological polar surface area (TPSA) is 112 Å². The number of benzene rings is 2. The number of hydrogen-bond acceptors (Lipinski definition) is 8. The van der Waals surface area contributed by atoms with Crippen LogP contribution in [0.1, 0.15) is 45.0 Å². The molecule has 3 N–H and O–H groups in total. The number of esters is 1. The molecule has 0 aliphatic carbocycles. The zero-order valence-electron chi connectivity index (χ0n) is 20.7. The summed E-state index contributed by atoms with van der Waals surface area (Å²) in [5.41, 5.74) is 0.960. The van der Waals surface area contributed by atoms with Gasteiger partial charge in [0.05, 0.1) is 23.8 Å². The van der Waals surface area contributed by atoms with E-state index in [0.717, 1.165) is 5.56 Å². The van der Waals surface area contributed by atoms with Crippen molar-refractivity contribution in [3.8, 4) is 5.75 Å². The van der Waals surface area contributed by atoms with Crippen LogP contribution in [0.5, 0.6) is 5.75 Å². The van der Waals surface area contributed by atoms with Gasteiger partial charge in [0.25, 0.3) is 0 Å². The first-order valence-corrected chi connectivity index (χ1v) is 11.9. The Morgan fingerprint density at radius 3 is 2.69 bits per heavy atom. The monoisotopic (exact) mass is 498 g/mol. The van der Waals surface area contributed by atoms with Crippen LogP contribution in [0.2, 0.25) is 0 Å². The van der Waals surface area contributed by atoms with E-state index in [-0.39, 0.29) is 36.8 Å². The highest BCUT2D eigenvalue weighted by Crippen LogP contribution is 2.32. The third kappa shape index (κ3) is 5.59. The third-order valence-electron chi connectivity index (χ3n) is 5.92. The van der Waals surface area contributed by atoms with Gasteiger partial charge in [0.15, 0.2) is 0 Å². The van der Waals surface area contributed by atoms with Gasteiger partial charge in [-0.05, 0) is 52.0 Å². The molecule has 3 atom stereocenters. The Labute approximate surface area is 209 Å². The van der Waals surface area contributed by atoms with Crippen LogP contribution in [0.15, 0.2) is 47.5 Å². The Hall–Kier alpha value is -3.66. The summed E-state index contributed by atoms with van der Waals surface area (Å²) in [4.78, 5) is 31.6. The fraction of sp³-hybridized carbons (Fsp3) is 0.423. The number of halogens is 1. The SMILES string of the molecule is CCOC(=O)C1CN(C(=O)OC(C)(C)C)CC1NC1NC(c2cc(F)ccc2O)=Nc2ccccc21. The Morgan fingerprint density at radius 2 is 1.97 bits per heavy atom. The van der Waals surface area contributed by atoms with Crippen LogP contribution in [-0.4, -0.2) is 59.2 Å². The first-order chi connectivity index (χ1) is 17.1. The molecule has 10 heteroatoms. The van der Waals surface area contributed by atoms with E-state index < -0.39 is 41.6 Å². The normalized spacial score (nSPS) is 21.3. The summed E-state index contributed by atoms with van der Waals surface area (Å²) in [6.07, 6.45) is -1.05. The molecule has 3 unspecified atom stereocenters. The summed E-state index contributed by atoms with van der Waals surface area (Å²) in [5.74, 6) is -1.40. The van der Waals surface area contributed by atoms with Crippen LogP contribution in [0.25, 0.3) is 0 Å².